The normalized spacial score (nSPS) is 16.9. The molecule has 1 aliphatic heterocycles. The van der Waals surface area contributed by atoms with E-state index >= 15 is 0 Å². The zero-order chi connectivity index (χ0) is 14.4. The van der Waals surface area contributed by atoms with Crippen LogP contribution in [0.3, 0.4) is 0 Å². The number of amides is 1. The minimum atomic E-state index is -0.101. The van der Waals surface area contributed by atoms with Gasteiger partial charge in [-0.2, -0.15) is 0 Å². The van der Waals surface area contributed by atoms with Crippen LogP contribution in [0.5, 0.6) is 0 Å². The number of rotatable bonds is 6. The molecule has 0 radical (unpaired) electrons. The highest BCUT2D eigenvalue weighted by Crippen LogP contribution is 2.09. The van der Waals surface area contributed by atoms with Crippen molar-refractivity contribution in [2.75, 3.05) is 31.5 Å². The Labute approximate surface area is 120 Å². The van der Waals surface area contributed by atoms with E-state index in [0.717, 1.165) is 31.9 Å². The summed E-state index contributed by atoms with van der Waals surface area (Å²) in [6, 6.07) is 3.81. The molecule has 0 spiro atoms. The van der Waals surface area contributed by atoms with Crippen molar-refractivity contribution in [2.45, 2.75) is 32.7 Å². The molecule has 20 heavy (non-hydrogen) atoms. The molecule has 2 rings (SSSR count). The second-order valence-electron chi connectivity index (χ2n) is 5.34. The summed E-state index contributed by atoms with van der Waals surface area (Å²) in [6.45, 7) is 8.11. The molecule has 2 heterocycles. The highest BCUT2D eigenvalue weighted by Gasteiger charge is 2.17. The van der Waals surface area contributed by atoms with Crippen molar-refractivity contribution < 1.29 is 4.79 Å². The van der Waals surface area contributed by atoms with Gasteiger partial charge in [0, 0.05) is 31.0 Å². The molecule has 110 valence electrons. The van der Waals surface area contributed by atoms with Crippen LogP contribution in [0.25, 0.3) is 0 Å². The highest BCUT2D eigenvalue weighted by molar-refractivity contribution is 5.93. The number of nitrogens with zero attached hydrogens (tertiary/aromatic N) is 2. The average molecular weight is 276 g/mol. The molecule has 1 amide bonds. The fraction of sp³-hybridized carbons (Fsp3) is 0.600. The Kier molecular flexibility index (Phi) is 5.35. The first-order valence-electron chi connectivity index (χ1n) is 7.42. The van der Waals surface area contributed by atoms with Gasteiger partial charge in [0.15, 0.2) is 0 Å². The molecular formula is C15H24N4O. The van der Waals surface area contributed by atoms with Crippen molar-refractivity contribution in [2.24, 2.45) is 0 Å². The largest absolute Gasteiger partial charge is 0.385 e. The van der Waals surface area contributed by atoms with Gasteiger partial charge < -0.3 is 15.5 Å². The Hall–Kier alpha value is -1.62. The van der Waals surface area contributed by atoms with Crippen molar-refractivity contribution in [3.63, 3.8) is 0 Å². The van der Waals surface area contributed by atoms with Gasteiger partial charge in [0.2, 0.25) is 0 Å². The van der Waals surface area contributed by atoms with E-state index in [1.54, 1.807) is 12.3 Å². The molecule has 0 saturated carbocycles. The summed E-state index contributed by atoms with van der Waals surface area (Å²) in [5, 5.41) is 6.21. The summed E-state index contributed by atoms with van der Waals surface area (Å²) in [7, 11) is 0. The third-order valence-corrected chi connectivity index (χ3v) is 3.48. The van der Waals surface area contributed by atoms with Crippen LogP contribution in [-0.2, 0) is 0 Å². The zero-order valence-electron chi connectivity index (χ0n) is 12.4. The number of hydrogen-bond donors (Lipinski definition) is 2. The number of hydrogen-bond acceptors (Lipinski definition) is 4. The van der Waals surface area contributed by atoms with Crippen molar-refractivity contribution in [3.8, 4) is 0 Å². The average Bonchev–Trinajstić information content (AvgIpc) is 2.92. The van der Waals surface area contributed by atoms with E-state index in [0.29, 0.717) is 5.69 Å². The van der Waals surface area contributed by atoms with Gasteiger partial charge in [0.1, 0.15) is 5.69 Å². The van der Waals surface area contributed by atoms with Crippen molar-refractivity contribution in [1.82, 2.24) is 15.2 Å². The Bertz CT molecular complexity index is 443. The lowest BCUT2D eigenvalue weighted by atomic mass is 10.2. The fourth-order valence-electron chi connectivity index (χ4n) is 2.56. The summed E-state index contributed by atoms with van der Waals surface area (Å²) in [5.74, 6) is -0.101. The molecule has 5 heteroatoms. The molecule has 1 aromatic heterocycles. The van der Waals surface area contributed by atoms with Crippen molar-refractivity contribution in [1.29, 1.82) is 0 Å². The number of likely N-dealkylation sites (tertiary alicyclic amines) is 1. The van der Waals surface area contributed by atoms with Gasteiger partial charge in [-0.25, -0.2) is 0 Å². The van der Waals surface area contributed by atoms with Crippen molar-refractivity contribution >= 4 is 11.6 Å². The quantitative estimate of drug-likeness (QED) is 0.831. The predicted octanol–water partition coefficient (Wildman–Crippen LogP) is 1.73. The number of carbonyl (C=O) groups is 1. The highest BCUT2D eigenvalue weighted by atomic mass is 16.1. The first kappa shape index (κ1) is 14.8. The van der Waals surface area contributed by atoms with E-state index in [1.165, 1.54) is 12.8 Å². The molecule has 1 fully saturated rings. The number of anilines is 1. The van der Waals surface area contributed by atoms with Gasteiger partial charge in [0.25, 0.3) is 5.91 Å². The van der Waals surface area contributed by atoms with Gasteiger partial charge in [0.05, 0.1) is 0 Å². The van der Waals surface area contributed by atoms with Crippen LogP contribution in [0, 0.1) is 0 Å². The monoisotopic (exact) mass is 276 g/mol. The van der Waals surface area contributed by atoms with Crippen molar-refractivity contribution in [3.05, 3.63) is 24.0 Å². The van der Waals surface area contributed by atoms with E-state index < -0.39 is 0 Å². The zero-order valence-corrected chi connectivity index (χ0v) is 12.4. The molecule has 1 unspecified atom stereocenters. The summed E-state index contributed by atoms with van der Waals surface area (Å²) in [6.07, 6.45) is 4.21. The first-order valence-corrected chi connectivity index (χ1v) is 7.42. The Balaban J connectivity index is 1.88. The number of pyridine rings is 1. The van der Waals surface area contributed by atoms with Gasteiger partial charge in [-0.3, -0.25) is 9.78 Å². The SMILES string of the molecule is CCNc1ccnc(C(=O)NC(C)CN2CCCC2)c1. The van der Waals surface area contributed by atoms with Crippen LogP contribution in [-0.4, -0.2) is 48.0 Å². The Morgan fingerprint density at radius 1 is 1.45 bits per heavy atom. The maximum atomic E-state index is 12.2. The lowest BCUT2D eigenvalue weighted by molar-refractivity contribution is 0.0927. The second kappa shape index (κ2) is 7.24. The maximum Gasteiger partial charge on any atom is 0.270 e. The van der Waals surface area contributed by atoms with E-state index in [1.807, 2.05) is 19.9 Å². The third kappa shape index (κ3) is 4.20. The van der Waals surface area contributed by atoms with E-state index in [-0.39, 0.29) is 11.9 Å². The molecule has 1 aliphatic rings. The molecule has 0 aromatic carbocycles. The number of aromatic nitrogens is 1. The lowest BCUT2D eigenvalue weighted by Crippen LogP contribution is -2.41. The number of carbonyl (C=O) groups excluding carboxylic acids is 1. The molecule has 0 aliphatic carbocycles. The van der Waals surface area contributed by atoms with Gasteiger partial charge in [-0.05, 0) is 51.9 Å². The summed E-state index contributed by atoms with van der Waals surface area (Å²) in [4.78, 5) is 18.7. The minimum Gasteiger partial charge on any atom is -0.385 e. The first-order chi connectivity index (χ1) is 9.69. The standard InChI is InChI=1S/C15H24N4O/c1-3-16-13-6-7-17-14(10-13)15(20)18-12(2)11-19-8-4-5-9-19/h6-7,10,12H,3-5,8-9,11H2,1-2H3,(H,16,17)(H,18,20). The maximum absolute atomic E-state index is 12.2. The van der Waals surface area contributed by atoms with Crippen LogP contribution in [0.1, 0.15) is 37.2 Å². The molecule has 1 aromatic rings. The van der Waals surface area contributed by atoms with Gasteiger partial charge >= 0.3 is 0 Å². The Morgan fingerprint density at radius 3 is 2.90 bits per heavy atom. The van der Waals surface area contributed by atoms with Gasteiger partial charge in [-0.15, -0.1) is 0 Å². The second-order valence-corrected chi connectivity index (χ2v) is 5.34. The predicted molar refractivity (Wildman–Crippen MR) is 81.0 cm³/mol. The topological polar surface area (TPSA) is 57.3 Å². The smallest absolute Gasteiger partial charge is 0.270 e. The van der Waals surface area contributed by atoms with E-state index in [9.17, 15) is 4.79 Å². The van der Waals surface area contributed by atoms with E-state index in [2.05, 4.69) is 20.5 Å². The minimum absolute atomic E-state index is 0.101. The van der Waals surface area contributed by atoms with Crippen LogP contribution >= 0.6 is 0 Å². The van der Waals surface area contributed by atoms with Crippen LogP contribution in [0.2, 0.25) is 0 Å². The molecule has 5 nitrogen and oxygen atoms in total. The summed E-state index contributed by atoms with van der Waals surface area (Å²) < 4.78 is 0. The Morgan fingerprint density at radius 2 is 2.20 bits per heavy atom. The number of nitrogens with one attached hydrogen (secondary N) is 2. The molecule has 0 bridgehead atoms. The fourth-order valence-corrected chi connectivity index (χ4v) is 2.56. The molecule has 1 saturated heterocycles. The summed E-state index contributed by atoms with van der Waals surface area (Å²) in [5.41, 5.74) is 1.40. The van der Waals surface area contributed by atoms with E-state index in [4.69, 9.17) is 0 Å². The van der Waals surface area contributed by atoms with Gasteiger partial charge in [-0.1, -0.05) is 0 Å². The van der Waals surface area contributed by atoms with Crippen LogP contribution in [0.4, 0.5) is 5.69 Å². The third-order valence-electron chi connectivity index (χ3n) is 3.48. The molecule has 2 N–H and O–H groups in total. The summed E-state index contributed by atoms with van der Waals surface area (Å²) >= 11 is 0. The molecular weight excluding hydrogens is 252 g/mol. The lowest BCUT2D eigenvalue weighted by Gasteiger charge is -2.21. The molecule has 1 atom stereocenters. The van der Waals surface area contributed by atoms with Crippen LogP contribution in [0.15, 0.2) is 18.3 Å². The van der Waals surface area contributed by atoms with Crippen LogP contribution < -0.4 is 10.6 Å².